The van der Waals surface area contributed by atoms with Gasteiger partial charge in [-0.1, -0.05) is 18.2 Å². The summed E-state index contributed by atoms with van der Waals surface area (Å²) >= 11 is 0. The van der Waals surface area contributed by atoms with E-state index >= 15 is 0 Å². The number of benzene rings is 1. The topological polar surface area (TPSA) is 54.0 Å². The van der Waals surface area contributed by atoms with Crippen molar-refractivity contribution in [2.45, 2.75) is 6.18 Å². The van der Waals surface area contributed by atoms with Crippen LogP contribution in [0.15, 0.2) is 48.7 Å². The van der Waals surface area contributed by atoms with E-state index < -0.39 is 11.9 Å². The van der Waals surface area contributed by atoms with Crippen molar-refractivity contribution in [2.24, 2.45) is 0 Å². The first-order valence-corrected chi connectivity index (χ1v) is 6.08. The fraction of sp³-hybridized carbons (Fsp3) is 0.143. The van der Waals surface area contributed by atoms with Crippen molar-refractivity contribution >= 4 is 11.6 Å². The third-order valence-corrected chi connectivity index (χ3v) is 2.65. The molecule has 0 saturated carbocycles. The maximum Gasteiger partial charge on any atom is 0.433 e. The summed E-state index contributed by atoms with van der Waals surface area (Å²) in [4.78, 5) is 14.3. The summed E-state index contributed by atoms with van der Waals surface area (Å²) in [5.41, 5.74) is 0.782. The van der Waals surface area contributed by atoms with Crippen LogP contribution in [0.5, 0.6) is 0 Å². The molecule has 2 N–H and O–H groups in total. The highest BCUT2D eigenvalue weighted by molar-refractivity contribution is 6.01. The lowest BCUT2D eigenvalue weighted by Crippen LogP contribution is -2.34. The Hall–Kier alpha value is -2.57. The molecule has 21 heavy (non-hydrogen) atoms. The van der Waals surface area contributed by atoms with Crippen LogP contribution < -0.4 is 10.6 Å². The van der Waals surface area contributed by atoms with E-state index in [0.717, 1.165) is 23.5 Å². The number of carbonyl (C=O) groups excluding carboxylic acids is 1. The molecule has 0 spiro atoms. The molecule has 0 atom stereocenters. The molecule has 0 saturated heterocycles. The minimum Gasteiger partial charge on any atom is -0.367 e. The lowest BCUT2D eigenvalue weighted by Gasteiger charge is -2.17. The average molecular weight is 295 g/mol. The Labute approximate surface area is 119 Å². The van der Waals surface area contributed by atoms with Crippen molar-refractivity contribution in [3.8, 4) is 0 Å². The van der Waals surface area contributed by atoms with Crippen LogP contribution in [0.2, 0.25) is 0 Å². The zero-order valence-corrected chi connectivity index (χ0v) is 10.8. The number of nitrogens with zero attached hydrogens (tertiary/aromatic N) is 1. The number of para-hydroxylation sites is 1. The highest BCUT2D eigenvalue weighted by atomic mass is 19.4. The van der Waals surface area contributed by atoms with Gasteiger partial charge in [0, 0.05) is 11.9 Å². The highest BCUT2D eigenvalue weighted by Gasteiger charge is 2.31. The molecule has 0 aliphatic carbocycles. The van der Waals surface area contributed by atoms with Gasteiger partial charge in [0.2, 0.25) is 0 Å². The Balaban J connectivity index is 0.000000155. The Morgan fingerprint density at radius 1 is 1.00 bits per heavy atom. The molecule has 0 bridgehead atoms. The summed E-state index contributed by atoms with van der Waals surface area (Å²) in [6.07, 6.45) is -3.20. The largest absolute Gasteiger partial charge is 0.433 e. The van der Waals surface area contributed by atoms with Gasteiger partial charge >= 0.3 is 6.18 Å². The molecule has 4 nitrogen and oxygen atoms in total. The summed E-state index contributed by atoms with van der Waals surface area (Å²) < 4.78 is 35.2. The molecule has 0 unspecified atom stereocenters. The number of carbonyl (C=O) groups is 1. The molecule has 3 rings (SSSR count). The third-order valence-electron chi connectivity index (χ3n) is 2.65. The van der Waals surface area contributed by atoms with Crippen LogP contribution in [0.3, 0.4) is 0 Å². The fourth-order valence-electron chi connectivity index (χ4n) is 1.68. The molecule has 1 aromatic heterocycles. The van der Waals surface area contributed by atoms with Gasteiger partial charge in [0.25, 0.3) is 5.91 Å². The van der Waals surface area contributed by atoms with Crippen LogP contribution in [-0.4, -0.2) is 17.6 Å². The molecule has 110 valence electrons. The first-order chi connectivity index (χ1) is 9.98. The molecule has 1 amide bonds. The lowest BCUT2D eigenvalue weighted by molar-refractivity contribution is -0.141. The van der Waals surface area contributed by atoms with E-state index in [4.69, 9.17) is 0 Å². The van der Waals surface area contributed by atoms with Gasteiger partial charge in [-0.3, -0.25) is 9.78 Å². The molecule has 1 aliphatic rings. The van der Waals surface area contributed by atoms with E-state index in [2.05, 4.69) is 15.6 Å². The number of halogens is 3. The maximum atomic E-state index is 11.7. The van der Waals surface area contributed by atoms with Crippen molar-refractivity contribution in [2.75, 3.05) is 12.0 Å². The van der Waals surface area contributed by atoms with E-state index in [1.807, 2.05) is 18.2 Å². The second-order valence-corrected chi connectivity index (χ2v) is 4.12. The number of nitrogens with one attached hydrogen (secondary N) is 2. The molecule has 2 heterocycles. The van der Waals surface area contributed by atoms with Crippen molar-refractivity contribution in [1.82, 2.24) is 10.3 Å². The highest BCUT2D eigenvalue weighted by Crippen LogP contribution is 2.26. The minimum absolute atomic E-state index is 0.000602. The van der Waals surface area contributed by atoms with Gasteiger partial charge in [0.05, 0.1) is 12.2 Å². The Bertz CT molecular complexity index is 614. The SMILES string of the molecule is FC(F)(F)c1ccccn1.O=C1NCNc2ccccc21. The second kappa shape index (κ2) is 6.25. The molecule has 7 heteroatoms. The normalized spacial score (nSPS) is 13.2. The number of hydrogen-bond donors (Lipinski definition) is 2. The van der Waals surface area contributed by atoms with Gasteiger partial charge in [-0.15, -0.1) is 0 Å². The smallest absolute Gasteiger partial charge is 0.367 e. The zero-order valence-electron chi connectivity index (χ0n) is 10.8. The van der Waals surface area contributed by atoms with E-state index in [1.165, 1.54) is 12.1 Å². The number of rotatable bonds is 0. The predicted molar refractivity (Wildman–Crippen MR) is 71.6 cm³/mol. The Morgan fingerprint density at radius 3 is 2.29 bits per heavy atom. The van der Waals surface area contributed by atoms with Crippen LogP contribution in [0.1, 0.15) is 16.1 Å². The van der Waals surface area contributed by atoms with Crippen molar-refractivity contribution in [3.05, 3.63) is 59.9 Å². The number of aromatic nitrogens is 1. The van der Waals surface area contributed by atoms with Crippen LogP contribution in [0, 0.1) is 0 Å². The average Bonchev–Trinajstić information content (AvgIpc) is 2.49. The first-order valence-electron chi connectivity index (χ1n) is 6.08. The molecule has 2 aromatic rings. The molecule has 1 aliphatic heterocycles. The molecule has 1 aromatic carbocycles. The van der Waals surface area contributed by atoms with Crippen molar-refractivity contribution in [3.63, 3.8) is 0 Å². The second-order valence-electron chi connectivity index (χ2n) is 4.12. The number of alkyl halides is 3. The summed E-state index contributed by atoms with van der Waals surface area (Å²) in [7, 11) is 0. The summed E-state index contributed by atoms with van der Waals surface area (Å²) in [6.45, 7) is 0.524. The Kier molecular flexibility index (Phi) is 4.42. The van der Waals surface area contributed by atoms with E-state index in [1.54, 1.807) is 6.07 Å². The van der Waals surface area contributed by atoms with Crippen LogP contribution >= 0.6 is 0 Å². The zero-order chi connectivity index (χ0) is 15.3. The number of amides is 1. The van der Waals surface area contributed by atoms with Crippen molar-refractivity contribution < 1.29 is 18.0 Å². The number of anilines is 1. The van der Waals surface area contributed by atoms with Gasteiger partial charge in [0.15, 0.2) is 0 Å². The number of fused-ring (bicyclic) bond motifs is 1. The molecule has 0 fully saturated rings. The van der Waals surface area contributed by atoms with E-state index in [-0.39, 0.29) is 5.91 Å². The molecule has 0 radical (unpaired) electrons. The Morgan fingerprint density at radius 2 is 1.71 bits per heavy atom. The van der Waals surface area contributed by atoms with Crippen molar-refractivity contribution in [1.29, 1.82) is 0 Å². The van der Waals surface area contributed by atoms with Gasteiger partial charge < -0.3 is 10.6 Å². The monoisotopic (exact) mass is 295 g/mol. The predicted octanol–water partition coefficient (Wildman–Crippen LogP) is 2.90. The standard InChI is InChI=1S/C8H8N2O.C6H4F3N/c11-8-6-3-1-2-4-7(6)9-5-10-8;7-6(8,9)5-3-1-2-4-10-5/h1-4,9H,5H2,(H,10,11);1-4H. The lowest BCUT2D eigenvalue weighted by atomic mass is 10.1. The first kappa shape index (κ1) is 14.8. The van der Waals surface area contributed by atoms with E-state index in [0.29, 0.717) is 6.67 Å². The van der Waals surface area contributed by atoms with Gasteiger partial charge in [-0.05, 0) is 24.3 Å². The minimum atomic E-state index is -4.32. The van der Waals surface area contributed by atoms with Crippen LogP contribution in [-0.2, 0) is 6.18 Å². The summed E-state index contributed by atoms with van der Waals surface area (Å²) in [5.74, 6) is -0.000602. The van der Waals surface area contributed by atoms with Crippen LogP contribution in [0.4, 0.5) is 18.9 Å². The third kappa shape index (κ3) is 3.95. The number of hydrogen-bond acceptors (Lipinski definition) is 3. The quantitative estimate of drug-likeness (QED) is 0.785. The maximum absolute atomic E-state index is 11.7. The van der Waals surface area contributed by atoms with E-state index in [9.17, 15) is 18.0 Å². The number of pyridine rings is 1. The molecular formula is C14H12F3N3O. The molecular weight excluding hydrogens is 283 g/mol. The van der Waals surface area contributed by atoms with Gasteiger partial charge in [-0.2, -0.15) is 13.2 Å². The van der Waals surface area contributed by atoms with Crippen LogP contribution in [0.25, 0.3) is 0 Å². The fourth-order valence-corrected chi connectivity index (χ4v) is 1.68. The summed E-state index contributed by atoms with van der Waals surface area (Å²) in [6, 6.07) is 11.1. The van der Waals surface area contributed by atoms with Gasteiger partial charge in [0.1, 0.15) is 5.69 Å². The van der Waals surface area contributed by atoms with Gasteiger partial charge in [-0.25, -0.2) is 0 Å². The summed E-state index contributed by atoms with van der Waals surface area (Å²) in [5, 5.41) is 5.75.